The smallest absolute Gasteiger partial charge is 0.262 e. The number of nitrogens with one attached hydrogen (secondary N) is 3. The van der Waals surface area contributed by atoms with Gasteiger partial charge in [0.2, 0.25) is 0 Å². The molecular formula is C17H13N3O3. The topological polar surface area (TPSA) is 83.2 Å². The Hall–Kier alpha value is -3.28. The zero-order valence-electron chi connectivity index (χ0n) is 12.1. The Morgan fingerprint density at radius 3 is 2.96 bits per heavy atom. The van der Waals surface area contributed by atoms with Gasteiger partial charge in [0.1, 0.15) is 5.75 Å². The van der Waals surface area contributed by atoms with Crippen LogP contribution in [0.3, 0.4) is 0 Å². The highest BCUT2D eigenvalue weighted by molar-refractivity contribution is 6.06. The summed E-state index contributed by atoms with van der Waals surface area (Å²) in [6.45, 7) is 0.00880. The third-order valence-corrected chi connectivity index (χ3v) is 3.69. The van der Waals surface area contributed by atoms with Gasteiger partial charge in [-0.3, -0.25) is 9.59 Å². The normalized spacial score (nSPS) is 13.1. The third kappa shape index (κ3) is 2.50. The summed E-state index contributed by atoms with van der Waals surface area (Å²) in [5.41, 5.74) is 2.60. The first kappa shape index (κ1) is 13.4. The van der Waals surface area contributed by atoms with E-state index in [-0.39, 0.29) is 18.4 Å². The molecule has 0 radical (unpaired) electrons. The van der Waals surface area contributed by atoms with Crippen LogP contribution in [0.4, 0.5) is 11.4 Å². The number of rotatable bonds is 2. The SMILES string of the molecule is O=C1COc2ccc(NC(=O)c3ccc4cc[nH]c4c3)cc2N1. The minimum Gasteiger partial charge on any atom is -0.482 e. The molecule has 1 aliphatic heterocycles. The number of benzene rings is 2. The fraction of sp³-hybridized carbons (Fsp3) is 0.0588. The van der Waals surface area contributed by atoms with Crippen molar-refractivity contribution in [1.29, 1.82) is 0 Å². The molecule has 4 rings (SSSR count). The Kier molecular flexibility index (Phi) is 3.01. The second-order valence-electron chi connectivity index (χ2n) is 5.28. The van der Waals surface area contributed by atoms with Crippen LogP contribution in [0.2, 0.25) is 0 Å². The quantitative estimate of drug-likeness (QED) is 0.680. The number of aromatic amines is 1. The molecule has 0 atom stereocenters. The molecular weight excluding hydrogens is 294 g/mol. The lowest BCUT2D eigenvalue weighted by molar-refractivity contribution is -0.118. The van der Waals surface area contributed by atoms with Gasteiger partial charge >= 0.3 is 0 Å². The summed E-state index contributed by atoms with van der Waals surface area (Å²) in [5, 5.41) is 6.59. The zero-order valence-corrected chi connectivity index (χ0v) is 12.1. The van der Waals surface area contributed by atoms with E-state index in [1.807, 2.05) is 18.3 Å². The Balaban J connectivity index is 1.58. The monoisotopic (exact) mass is 307 g/mol. The summed E-state index contributed by atoms with van der Waals surface area (Å²) >= 11 is 0. The van der Waals surface area contributed by atoms with Crippen LogP contribution in [-0.2, 0) is 4.79 Å². The van der Waals surface area contributed by atoms with Crippen molar-refractivity contribution in [2.24, 2.45) is 0 Å². The number of hydrogen-bond acceptors (Lipinski definition) is 3. The van der Waals surface area contributed by atoms with Crippen molar-refractivity contribution in [2.75, 3.05) is 17.2 Å². The highest BCUT2D eigenvalue weighted by Gasteiger charge is 2.16. The number of amides is 2. The van der Waals surface area contributed by atoms with Crippen LogP contribution in [0.5, 0.6) is 5.75 Å². The number of fused-ring (bicyclic) bond motifs is 2. The molecule has 0 spiro atoms. The summed E-state index contributed by atoms with van der Waals surface area (Å²) in [6, 6.07) is 12.5. The van der Waals surface area contributed by atoms with E-state index in [1.165, 1.54) is 0 Å². The Bertz CT molecular complexity index is 930. The molecule has 114 valence electrons. The van der Waals surface area contributed by atoms with Crippen molar-refractivity contribution in [3.05, 3.63) is 54.2 Å². The van der Waals surface area contributed by atoms with Crippen LogP contribution in [-0.4, -0.2) is 23.4 Å². The van der Waals surface area contributed by atoms with Gasteiger partial charge < -0.3 is 20.4 Å². The van der Waals surface area contributed by atoms with Crippen molar-refractivity contribution < 1.29 is 14.3 Å². The van der Waals surface area contributed by atoms with Crippen LogP contribution in [0.1, 0.15) is 10.4 Å². The molecule has 23 heavy (non-hydrogen) atoms. The predicted molar refractivity (Wildman–Crippen MR) is 86.8 cm³/mol. The predicted octanol–water partition coefficient (Wildman–Crippen LogP) is 2.75. The second-order valence-corrected chi connectivity index (χ2v) is 5.28. The highest BCUT2D eigenvalue weighted by Crippen LogP contribution is 2.30. The molecule has 2 amide bonds. The van der Waals surface area contributed by atoms with Gasteiger partial charge in [-0.2, -0.15) is 0 Å². The van der Waals surface area contributed by atoms with Crippen LogP contribution >= 0.6 is 0 Å². The van der Waals surface area contributed by atoms with E-state index in [9.17, 15) is 9.59 Å². The van der Waals surface area contributed by atoms with E-state index < -0.39 is 0 Å². The zero-order chi connectivity index (χ0) is 15.8. The van der Waals surface area contributed by atoms with Crippen LogP contribution in [0.25, 0.3) is 10.9 Å². The average Bonchev–Trinajstić information content (AvgIpc) is 3.02. The van der Waals surface area contributed by atoms with Gasteiger partial charge in [0, 0.05) is 23.0 Å². The highest BCUT2D eigenvalue weighted by atomic mass is 16.5. The van der Waals surface area contributed by atoms with E-state index in [4.69, 9.17) is 4.74 Å². The maximum atomic E-state index is 12.4. The van der Waals surface area contributed by atoms with Gasteiger partial charge in [-0.25, -0.2) is 0 Å². The van der Waals surface area contributed by atoms with Crippen LogP contribution < -0.4 is 15.4 Å². The lowest BCUT2D eigenvalue weighted by Crippen LogP contribution is -2.25. The average molecular weight is 307 g/mol. The fourth-order valence-corrected chi connectivity index (χ4v) is 2.55. The van der Waals surface area contributed by atoms with Gasteiger partial charge in [0.05, 0.1) is 5.69 Å². The lowest BCUT2D eigenvalue weighted by atomic mass is 10.1. The Morgan fingerprint density at radius 1 is 1.13 bits per heavy atom. The summed E-state index contributed by atoms with van der Waals surface area (Å²) in [5.74, 6) is 0.165. The van der Waals surface area contributed by atoms with Crippen molar-refractivity contribution in [3.63, 3.8) is 0 Å². The maximum absolute atomic E-state index is 12.4. The number of carbonyl (C=O) groups is 2. The van der Waals surface area contributed by atoms with Gasteiger partial charge in [0.15, 0.2) is 6.61 Å². The fourth-order valence-electron chi connectivity index (χ4n) is 2.55. The maximum Gasteiger partial charge on any atom is 0.262 e. The van der Waals surface area contributed by atoms with Gasteiger partial charge in [0.25, 0.3) is 11.8 Å². The molecule has 3 aromatic rings. The molecule has 0 unspecified atom stereocenters. The van der Waals surface area contributed by atoms with E-state index >= 15 is 0 Å². The van der Waals surface area contributed by atoms with Gasteiger partial charge in [-0.15, -0.1) is 0 Å². The first-order valence-corrected chi connectivity index (χ1v) is 7.14. The van der Waals surface area contributed by atoms with E-state index in [1.54, 1.807) is 30.3 Å². The summed E-state index contributed by atoms with van der Waals surface area (Å²) in [4.78, 5) is 26.8. The minimum atomic E-state index is -0.218. The molecule has 0 saturated carbocycles. The van der Waals surface area contributed by atoms with Gasteiger partial charge in [-0.1, -0.05) is 6.07 Å². The first-order valence-electron chi connectivity index (χ1n) is 7.14. The molecule has 0 fully saturated rings. The van der Waals surface area contributed by atoms with Crippen LogP contribution in [0, 0.1) is 0 Å². The van der Waals surface area contributed by atoms with E-state index in [0.717, 1.165) is 10.9 Å². The molecule has 2 heterocycles. The molecule has 3 N–H and O–H groups in total. The largest absolute Gasteiger partial charge is 0.482 e. The molecule has 1 aliphatic rings. The molecule has 6 heteroatoms. The molecule has 0 saturated heterocycles. The molecule has 2 aromatic carbocycles. The Morgan fingerprint density at radius 2 is 2.04 bits per heavy atom. The van der Waals surface area contributed by atoms with Gasteiger partial charge in [-0.05, 0) is 41.8 Å². The second kappa shape index (κ2) is 5.17. The molecule has 6 nitrogen and oxygen atoms in total. The molecule has 1 aromatic heterocycles. The number of anilines is 2. The number of ether oxygens (including phenoxy) is 1. The third-order valence-electron chi connectivity index (χ3n) is 3.69. The first-order chi connectivity index (χ1) is 11.2. The summed E-state index contributed by atoms with van der Waals surface area (Å²) in [6.07, 6.45) is 1.83. The van der Waals surface area contributed by atoms with Crippen molar-refractivity contribution in [3.8, 4) is 5.75 Å². The lowest BCUT2D eigenvalue weighted by Gasteiger charge is -2.18. The minimum absolute atomic E-state index is 0.00880. The summed E-state index contributed by atoms with van der Waals surface area (Å²) in [7, 11) is 0. The number of hydrogen-bond donors (Lipinski definition) is 3. The van der Waals surface area contributed by atoms with Crippen molar-refractivity contribution >= 4 is 34.1 Å². The molecule has 0 bridgehead atoms. The Labute approximate surface area is 131 Å². The molecule has 0 aliphatic carbocycles. The van der Waals surface area contributed by atoms with E-state index in [2.05, 4.69) is 15.6 Å². The number of carbonyl (C=O) groups excluding carboxylic acids is 2. The van der Waals surface area contributed by atoms with E-state index in [0.29, 0.717) is 22.7 Å². The standard InChI is InChI=1S/C17H13N3O3/c21-16-9-23-15-4-3-12(8-14(15)20-16)19-17(22)11-2-1-10-5-6-18-13(10)7-11/h1-8,18H,9H2,(H,19,22)(H,20,21). The number of H-pyrrole nitrogens is 1. The van der Waals surface area contributed by atoms with Crippen molar-refractivity contribution in [2.45, 2.75) is 0 Å². The van der Waals surface area contributed by atoms with Crippen molar-refractivity contribution in [1.82, 2.24) is 4.98 Å². The van der Waals surface area contributed by atoms with Crippen LogP contribution in [0.15, 0.2) is 48.7 Å². The number of aromatic nitrogens is 1. The summed E-state index contributed by atoms with van der Waals surface area (Å²) < 4.78 is 5.29.